The van der Waals surface area contributed by atoms with Crippen molar-refractivity contribution in [1.29, 1.82) is 0 Å². The van der Waals surface area contributed by atoms with Gasteiger partial charge in [-0.3, -0.25) is 4.79 Å². The van der Waals surface area contributed by atoms with Crippen LogP contribution in [0.3, 0.4) is 0 Å². The average Bonchev–Trinajstić information content (AvgIpc) is 3.50. The fourth-order valence-electron chi connectivity index (χ4n) is 4.06. The second kappa shape index (κ2) is 9.73. The molecule has 0 saturated carbocycles. The molecular weight excluding hydrogens is 412 g/mol. The zero-order valence-electron chi connectivity index (χ0n) is 19.4. The van der Waals surface area contributed by atoms with Gasteiger partial charge in [0.25, 0.3) is 5.91 Å². The van der Waals surface area contributed by atoms with Crippen LogP contribution in [0, 0.1) is 6.92 Å². The largest absolute Gasteiger partial charge is 0.369 e. The molecule has 3 heterocycles. The molecular formula is C26H30N6O. The van der Waals surface area contributed by atoms with Crippen LogP contribution in [-0.2, 0) is 0 Å². The van der Waals surface area contributed by atoms with Crippen molar-refractivity contribution >= 4 is 35.1 Å². The normalized spacial score (nSPS) is 15.7. The van der Waals surface area contributed by atoms with Crippen LogP contribution in [0.25, 0.3) is 5.70 Å². The van der Waals surface area contributed by atoms with E-state index in [1.807, 2.05) is 62.5 Å². The van der Waals surface area contributed by atoms with Crippen LogP contribution in [0.15, 0.2) is 66.4 Å². The molecule has 0 spiro atoms. The lowest BCUT2D eigenvalue weighted by Gasteiger charge is -2.27. The molecule has 1 unspecified atom stereocenters. The number of likely N-dealkylation sites (N-methyl/N-ethyl adjacent to an activating group) is 1. The second-order valence-corrected chi connectivity index (χ2v) is 8.30. The summed E-state index contributed by atoms with van der Waals surface area (Å²) in [4.78, 5) is 29.1. The third-order valence-corrected chi connectivity index (χ3v) is 6.07. The highest BCUT2D eigenvalue weighted by Crippen LogP contribution is 2.30. The number of amides is 1. The number of aryl methyl sites for hydroxylation is 1. The maximum absolute atomic E-state index is 12.5. The minimum atomic E-state index is -0.166. The molecule has 0 radical (unpaired) electrons. The molecule has 0 bridgehead atoms. The van der Waals surface area contributed by atoms with Crippen LogP contribution in [-0.4, -0.2) is 53.2 Å². The second-order valence-electron chi connectivity index (χ2n) is 8.30. The van der Waals surface area contributed by atoms with E-state index in [0.29, 0.717) is 11.6 Å². The van der Waals surface area contributed by atoms with Crippen molar-refractivity contribution in [1.82, 2.24) is 14.9 Å². The van der Waals surface area contributed by atoms with E-state index < -0.39 is 0 Å². The molecule has 2 aromatic heterocycles. The van der Waals surface area contributed by atoms with Gasteiger partial charge < -0.3 is 20.1 Å². The van der Waals surface area contributed by atoms with E-state index in [1.54, 1.807) is 12.4 Å². The van der Waals surface area contributed by atoms with Crippen LogP contribution >= 0.6 is 0 Å². The predicted octanol–water partition coefficient (Wildman–Crippen LogP) is 4.87. The summed E-state index contributed by atoms with van der Waals surface area (Å²) in [5.74, 6) is 1.51. The van der Waals surface area contributed by atoms with Gasteiger partial charge in [-0.15, -0.1) is 0 Å². The Labute approximate surface area is 194 Å². The molecule has 1 amide bonds. The number of likely N-dealkylation sites (tertiary alicyclic amines) is 1. The smallest absolute Gasteiger partial charge is 0.257 e. The van der Waals surface area contributed by atoms with Crippen molar-refractivity contribution in [3.63, 3.8) is 0 Å². The zero-order valence-corrected chi connectivity index (χ0v) is 19.4. The Morgan fingerprint density at radius 3 is 2.76 bits per heavy atom. The maximum Gasteiger partial charge on any atom is 0.257 e. The molecule has 0 aliphatic carbocycles. The first-order valence-corrected chi connectivity index (χ1v) is 11.1. The number of carbonyl (C=O) groups is 1. The van der Waals surface area contributed by atoms with Gasteiger partial charge in [-0.05, 0) is 50.6 Å². The molecule has 170 valence electrons. The zero-order chi connectivity index (χ0) is 23.4. The Morgan fingerprint density at radius 1 is 1.27 bits per heavy atom. The maximum atomic E-state index is 12.5. The SMILES string of the molecule is C=C(c1cc[nH]c1N=CC)N1CCC(N(C)c2ccc(C(=O)Nc3ccc(C)cc3)cn2)C1. The summed E-state index contributed by atoms with van der Waals surface area (Å²) in [5, 5.41) is 2.91. The van der Waals surface area contributed by atoms with Crippen molar-refractivity contribution in [3.05, 3.63) is 78.1 Å². The Kier molecular flexibility index (Phi) is 6.58. The van der Waals surface area contributed by atoms with E-state index in [2.05, 4.69) is 43.7 Å². The van der Waals surface area contributed by atoms with Gasteiger partial charge in [-0.1, -0.05) is 24.3 Å². The lowest BCUT2D eigenvalue weighted by atomic mass is 10.2. The van der Waals surface area contributed by atoms with Gasteiger partial charge in [0.1, 0.15) is 11.6 Å². The molecule has 1 aromatic carbocycles. The van der Waals surface area contributed by atoms with Crippen molar-refractivity contribution in [2.24, 2.45) is 4.99 Å². The number of aromatic nitrogens is 2. The number of pyridine rings is 1. The number of aromatic amines is 1. The van der Waals surface area contributed by atoms with Crippen molar-refractivity contribution in [2.45, 2.75) is 26.3 Å². The van der Waals surface area contributed by atoms with Gasteiger partial charge in [0.2, 0.25) is 0 Å². The Balaban J connectivity index is 1.38. The molecule has 1 atom stereocenters. The number of anilines is 2. The lowest BCUT2D eigenvalue weighted by molar-refractivity contribution is 0.102. The number of carbonyl (C=O) groups excluding carboxylic acids is 1. The van der Waals surface area contributed by atoms with Crippen LogP contribution in [0.2, 0.25) is 0 Å². The summed E-state index contributed by atoms with van der Waals surface area (Å²) in [6, 6.07) is 13.8. The molecule has 1 saturated heterocycles. The van der Waals surface area contributed by atoms with Crippen molar-refractivity contribution in [3.8, 4) is 0 Å². The van der Waals surface area contributed by atoms with Crippen LogP contribution in [0.4, 0.5) is 17.3 Å². The molecule has 1 fully saturated rings. The van der Waals surface area contributed by atoms with Gasteiger partial charge >= 0.3 is 0 Å². The fourth-order valence-corrected chi connectivity index (χ4v) is 4.06. The highest BCUT2D eigenvalue weighted by atomic mass is 16.1. The number of nitrogens with one attached hydrogen (secondary N) is 2. The number of hydrogen-bond donors (Lipinski definition) is 2. The van der Waals surface area contributed by atoms with E-state index in [9.17, 15) is 4.79 Å². The quantitative estimate of drug-likeness (QED) is 0.512. The Bertz CT molecular complexity index is 1150. The average molecular weight is 443 g/mol. The molecule has 33 heavy (non-hydrogen) atoms. The highest BCUT2D eigenvalue weighted by molar-refractivity contribution is 6.04. The summed E-state index contributed by atoms with van der Waals surface area (Å²) in [5.41, 5.74) is 4.46. The number of H-pyrrole nitrogens is 1. The summed E-state index contributed by atoms with van der Waals surface area (Å²) < 4.78 is 0. The number of aliphatic imine (C=N–C) groups is 1. The summed E-state index contributed by atoms with van der Waals surface area (Å²) in [6.45, 7) is 10.0. The first kappa shape index (κ1) is 22.3. The fraction of sp³-hybridized carbons (Fsp3) is 0.269. The lowest BCUT2D eigenvalue weighted by Crippen LogP contribution is -2.34. The molecule has 1 aliphatic heterocycles. The van der Waals surface area contributed by atoms with E-state index in [1.165, 1.54) is 0 Å². The third kappa shape index (κ3) is 4.98. The first-order valence-electron chi connectivity index (χ1n) is 11.1. The molecule has 7 heteroatoms. The molecule has 3 aromatic rings. The number of hydrogen-bond acceptors (Lipinski definition) is 5. The standard InChI is InChI=1S/C26H30N6O/c1-5-27-25-23(12-14-28-25)19(3)32-15-13-22(17-32)31(4)24-11-8-20(16-29-24)26(33)30-21-9-6-18(2)7-10-21/h5-12,14,16,22,28H,3,13,15,17H2,1-2,4H3,(H,30,33). The number of rotatable bonds is 7. The van der Waals surface area contributed by atoms with Crippen molar-refractivity contribution in [2.75, 3.05) is 30.4 Å². The van der Waals surface area contributed by atoms with Crippen LogP contribution < -0.4 is 10.2 Å². The Morgan fingerprint density at radius 2 is 2.06 bits per heavy atom. The van der Waals surface area contributed by atoms with E-state index >= 15 is 0 Å². The number of nitrogens with zero attached hydrogens (tertiary/aromatic N) is 4. The van der Waals surface area contributed by atoms with Gasteiger partial charge in [-0.25, -0.2) is 9.98 Å². The summed E-state index contributed by atoms with van der Waals surface area (Å²) in [6.07, 6.45) is 6.31. The van der Waals surface area contributed by atoms with Gasteiger partial charge in [0.15, 0.2) is 0 Å². The molecule has 2 N–H and O–H groups in total. The van der Waals surface area contributed by atoms with Crippen molar-refractivity contribution < 1.29 is 4.79 Å². The predicted molar refractivity (Wildman–Crippen MR) is 135 cm³/mol. The van der Waals surface area contributed by atoms with E-state index in [0.717, 1.165) is 53.7 Å². The van der Waals surface area contributed by atoms with E-state index in [-0.39, 0.29) is 5.91 Å². The van der Waals surface area contributed by atoms with Gasteiger partial charge in [0, 0.05) is 61.7 Å². The first-order chi connectivity index (χ1) is 16.0. The van der Waals surface area contributed by atoms with Gasteiger partial charge in [0.05, 0.1) is 5.56 Å². The van der Waals surface area contributed by atoms with Gasteiger partial charge in [-0.2, -0.15) is 0 Å². The summed E-state index contributed by atoms with van der Waals surface area (Å²) >= 11 is 0. The van der Waals surface area contributed by atoms with E-state index in [4.69, 9.17) is 0 Å². The molecule has 4 rings (SSSR count). The molecule has 7 nitrogen and oxygen atoms in total. The molecule has 1 aliphatic rings. The topological polar surface area (TPSA) is 76.6 Å². The monoisotopic (exact) mass is 442 g/mol. The third-order valence-electron chi connectivity index (χ3n) is 6.07. The Hall–Kier alpha value is -3.87. The van der Waals surface area contributed by atoms with Crippen LogP contribution in [0.1, 0.15) is 34.8 Å². The minimum Gasteiger partial charge on any atom is -0.369 e. The highest BCUT2D eigenvalue weighted by Gasteiger charge is 2.28. The number of benzene rings is 1. The summed E-state index contributed by atoms with van der Waals surface area (Å²) in [7, 11) is 2.05. The minimum absolute atomic E-state index is 0.166. The van der Waals surface area contributed by atoms with Crippen LogP contribution in [0.5, 0.6) is 0 Å².